The van der Waals surface area contributed by atoms with Gasteiger partial charge in [0.25, 0.3) is 0 Å². The second-order valence-corrected chi connectivity index (χ2v) is 9.14. The van der Waals surface area contributed by atoms with Gasteiger partial charge in [0.2, 0.25) is 0 Å². The van der Waals surface area contributed by atoms with Gasteiger partial charge in [-0.25, -0.2) is 4.98 Å². The zero-order valence-corrected chi connectivity index (χ0v) is 19.8. The third kappa shape index (κ3) is 3.90. The van der Waals surface area contributed by atoms with Gasteiger partial charge < -0.3 is 0 Å². The molecule has 0 aliphatic heterocycles. The summed E-state index contributed by atoms with van der Waals surface area (Å²) in [6.45, 7) is 5.46. The van der Waals surface area contributed by atoms with Crippen molar-refractivity contribution in [2.45, 2.75) is 20.8 Å². The van der Waals surface area contributed by atoms with E-state index < -0.39 is 0 Å². The molecule has 0 aliphatic carbocycles. The molecule has 0 bridgehead atoms. The summed E-state index contributed by atoms with van der Waals surface area (Å²) in [6, 6.07) is 19.6. The third-order valence-corrected chi connectivity index (χ3v) is 6.87. The fourth-order valence-electron chi connectivity index (χ4n) is 3.91. The first-order valence-electron chi connectivity index (χ1n) is 10.4. The van der Waals surface area contributed by atoms with Gasteiger partial charge in [-0.05, 0) is 55.3 Å². The van der Waals surface area contributed by atoms with Crippen molar-refractivity contribution in [3.8, 4) is 16.8 Å². The van der Waals surface area contributed by atoms with Crippen molar-refractivity contribution in [2.75, 3.05) is 0 Å². The number of H-pyrrole nitrogens is 1. The van der Waals surface area contributed by atoms with Crippen molar-refractivity contribution >= 4 is 45.6 Å². The van der Waals surface area contributed by atoms with E-state index >= 15 is 0 Å². The molecule has 33 heavy (non-hydrogen) atoms. The Bertz CT molecular complexity index is 1560. The number of aryl methyl sites for hydroxylation is 1. The summed E-state index contributed by atoms with van der Waals surface area (Å²) in [7, 11) is 0. The van der Waals surface area contributed by atoms with E-state index in [0.29, 0.717) is 26.2 Å². The Balaban J connectivity index is 1.80. The molecular weight excluding hydrogens is 454 g/mol. The molecular formula is C25H20ClN5OS. The largest absolute Gasteiger partial charge is 0.294 e. The fraction of sp³-hybridized carbons (Fsp3) is 0.120. The number of halogens is 1. The van der Waals surface area contributed by atoms with E-state index in [1.165, 1.54) is 11.3 Å². The van der Waals surface area contributed by atoms with Crippen molar-refractivity contribution in [2.24, 2.45) is 4.99 Å². The number of para-hydroxylation sites is 1. The quantitative estimate of drug-likeness (QED) is 0.316. The van der Waals surface area contributed by atoms with Crippen LogP contribution in [0.25, 0.3) is 27.8 Å². The van der Waals surface area contributed by atoms with Crippen LogP contribution in [-0.4, -0.2) is 25.5 Å². The molecule has 3 aromatic heterocycles. The number of nitrogens with one attached hydrogen (secondary N) is 1. The maximum Gasteiger partial charge on any atom is 0.197 e. The Hall–Kier alpha value is -3.55. The van der Waals surface area contributed by atoms with Gasteiger partial charge in [-0.15, -0.1) is 0 Å². The van der Waals surface area contributed by atoms with Crippen molar-refractivity contribution < 1.29 is 4.79 Å². The molecule has 0 unspecified atom stereocenters. The number of nitrogens with zero attached hydrogens (tertiary/aromatic N) is 4. The Morgan fingerprint density at radius 2 is 1.82 bits per heavy atom. The zero-order chi connectivity index (χ0) is 23.1. The van der Waals surface area contributed by atoms with Gasteiger partial charge in [-0.2, -0.15) is 10.1 Å². The molecule has 5 aromatic rings. The third-order valence-electron chi connectivity index (χ3n) is 5.38. The summed E-state index contributed by atoms with van der Waals surface area (Å²) < 4.78 is 1.99. The highest BCUT2D eigenvalue weighted by atomic mass is 35.5. The lowest BCUT2D eigenvalue weighted by Gasteiger charge is -2.07. The number of Topliss-reactive ketones (excluding diaryl/α,β-unsaturated/α-hetero) is 1. The van der Waals surface area contributed by atoms with E-state index in [-0.39, 0.29) is 5.78 Å². The molecule has 0 aliphatic rings. The van der Waals surface area contributed by atoms with Crippen LogP contribution in [0.4, 0.5) is 5.82 Å². The minimum absolute atomic E-state index is 0.00895. The molecule has 1 N–H and O–H groups in total. The maximum absolute atomic E-state index is 12.3. The second kappa shape index (κ2) is 8.42. The van der Waals surface area contributed by atoms with Crippen LogP contribution in [0.2, 0.25) is 5.02 Å². The van der Waals surface area contributed by atoms with Gasteiger partial charge in [-0.3, -0.25) is 14.5 Å². The first-order valence-corrected chi connectivity index (χ1v) is 11.6. The van der Waals surface area contributed by atoms with Crippen LogP contribution in [0.3, 0.4) is 0 Å². The summed E-state index contributed by atoms with van der Waals surface area (Å²) >= 11 is 7.46. The van der Waals surface area contributed by atoms with Gasteiger partial charge in [-0.1, -0.05) is 53.3 Å². The molecule has 0 atom stereocenters. The number of aromatic amines is 1. The first-order chi connectivity index (χ1) is 15.9. The fourth-order valence-corrected chi connectivity index (χ4v) is 5.06. The monoisotopic (exact) mass is 473 g/mol. The Morgan fingerprint density at radius 1 is 1.09 bits per heavy atom. The maximum atomic E-state index is 12.3. The molecule has 0 fully saturated rings. The van der Waals surface area contributed by atoms with E-state index in [0.717, 1.165) is 33.6 Å². The van der Waals surface area contributed by atoms with E-state index in [1.54, 1.807) is 6.92 Å². The summed E-state index contributed by atoms with van der Waals surface area (Å²) in [5, 5.41) is 9.00. The van der Waals surface area contributed by atoms with Crippen LogP contribution in [0.5, 0.6) is 0 Å². The lowest BCUT2D eigenvalue weighted by atomic mass is 10.0. The summed E-state index contributed by atoms with van der Waals surface area (Å²) in [6.07, 6.45) is 0. The number of rotatable bonds is 4. The molecule has 0 radical (unpaired) electrons. The zero-order valence-electron chi connectivity index (χ0n) is 18.3. The van der Waals surface area contributed by atoms with Crippen molar-refractivity contribution in [3.05, 3.63) is 86.8 Å². The van der Waals surface area contributed by atoms with Gasteiger partial charge >= 0.3 is 0 Å². The van der Waals surface area contributed by atoms with Gasteiger partial charge in [0.1, 0.15) is 0 Å². The molecule has 8 heteroatoms. The molecule has 164 valence electrons. The predicted molar refractivity (Wildman–Crippen MR) is 133 cm³/mol. The number of aromatic nitrogens is 4. The standard InChI is InChI=1S/C25H20ClN5OS/c1-14-13-20(17-9-11-18(26)12-10-17)21-23(27-14)29-30-24(21)28-25-31(19-7-5-4-6-8-19)15(2)22(33-25)16(3)32/h4-13H,1-3H3,(H,27,29,30). The lowest BCUT2D eigenvalue weighted by molar-refractivity contribution is 0.102. The normalized spacial score (nSPS) is 11.9. The highest BCUT2D eigenvalue weighted by Crippen LogP contribution is 2.34. The average Bonchev–Trinajstić information content (AvgIpc) is 3.35. The SMILES string of the molecule is CC(=O)c1sc(=Nc2n[nH]c3nc(C)cc(-c4ccc(Cl)cc4)c23)n(-c2ccccc2)c1C. The molecule has 6 nitrogen and oxygen atoms in total. The highest BCUT2D eigenvalue weighted by molar-refractivity contribution is 7.11. The minimum Gasteiger partial charge on any atom is -0.294 e. The molecule has 0 amide bonds. The number of hydrogen-bond donors (Lipinski definition) is 1. The number of benzene rings is 2. The van der Waals surface area contributed by atoms with Crippen molar-refractivity contribution in [1.82, 2.24) is 19.7 Å². The van der Waals surface area contributed by atoms with Crippen LogP contribution >= 0.6 is 22.9 Å². The van der Waals surface area contributed by atoms with Crippen LogP contribution in [0, 0.1) is 13.8 Å². The van der Waals surface area contributed by atoms with E-state index in [4.69, 9.17) is 16.6 Å². The van der Waals surface area contributed by atoms with Crippen LogP contribution in [-0.2, 0) is 0 Å². The summed E-state index contributed by atoms with van der Waals surface area (Å²) in [5.41, 5.74) is 5.27. The Labute approximate surface area is 199 Å². The van der Waals surface area contributed by atoms with E-state index in [2.05, 4.69) is 15.2 Å². The number of ketones is 1. The van der Waals surface area contributed by atoms with Crippen molar-refractivity contribution in [3.63, 3.8) is 0 Å². The number of fused-ring (bicyclic) bond motifs is 1. The van der Waals surface area contributed by atoms with Gasteiger partial charge in [0.05, 0.1) is 10.3 Å². The topological polar surface area (TPSA) is 75.9 Å². The number of carbonyl (C=O) groups is 1. The summed E-state index contributed by atoms with van der Waals surface area (Å²) in [4.78, 5) is 23.2. The van der Waals surface area contributed by atoms with Crippen LogP contribution in [0.15, 0.2) is 65.7 Å². The smallest absolute Gasteiger partial charge is 0.197 e. The molecule has 2 aromatic carbocycles. The molecule has 3 heterocycles. The number of carbonyl (C=O) groups excluding carboxylic acids is 1. The van der Waals surface area contributed by atoms with E-state index in [9.17, 15) is 4.79 Å². The number of thiazole rings is 1. The lowest BCUT2D eigenvalue weighted by Crippen LogP contribution is -2.13. The number of hydrogen-bond acceptors (Lipinski definition) is 5. The second-order valence-electron chi connectivity index (χ2n) is 7.73. The van der Waals surface area contributed by atoms with Crippen LogP contribution in [0.1, 0.15) is 28.0 Å². The molecule has 0 saturated heterocycles. The van der Waals surface area contributed by atoms with Crippen LogP contribution < -0.4 is 4.80 Å². The minimum atomic E-state index is 0.00895. The highest BCUT2D eigenvalue weighted by Gasteiger charge is 2.18. The first kappa shape index (κ1) is 21.3. The average molecular weight is 474 g/mol. The van der Waals surface area contributed by atoms with E-state index in [1.807, 2.05) is 79.1 Å². The van der Waals surface area contributed by atoms with Gasteiger partial charge in [0, 0.05) is 29.0 Å². The Kier molecular flexibility index (Phi) is 5.44. The molecule has 0 spiro atoms. The van der Waals surface area contributed by atoms with Gasteiger partial charge in [0.15, 0.2) is 22.0 Å². The summed E-state index contributed by atoms with van der Waals surface area (Å²) in [5.74, 6) is 0.526. The van der Waals surface area contributed by atoms with Crippen molar-refractivity contribution in [1.29, 1.82) is 0 Å². The predicted octanol–water partition coefficient (Wildman–Crippen LogP) is 6.18. The molecule has 0 saturated carbocycles. The molecule has 5 rings (SSSR count). The number of pyridine rings is 1. The Morgan fingerprint density at radius 3 is 2.52 bits per heavy atom.